The SMILES string of the molecule is COCCN1C(=O)N(Cc2cccc(OC)c2)C(=O)C12CCN(Cc1cccc(OC)c1)CC2. The van der Waals surface area contributed by atoms with E-state index in [2.05, 4.69) is 11.0 Å². The molecule has 0 unspecified atom stereocenters. The van der Waals surface area contributed by atoms with Crippen molar-refractivity contribution >= 4 is 11.9 Å². The lowest BCUT2D eigenvalue weighted by Crippen LogP contribution is -2.57. The topological polar surface area (TPSA) is 71.6 Å². The molecular weight excluding hydrogens is 434 g/mol. The zero-order chi connectivity index (χ0) is 24.1. The first-order valence-corrected chi connectivity index (χ1v) is 11.6. The van der Waals surface area contributed by atoms with Gasteiger partial charge in [-0.1, -0.05) is 24.3 Å². The van der Waals surface area contributed by atoms with Crippen LogP contribution < -0.4 is 9.47 Å². The van der Waals surface area contributed by atoms with Gasteiger partial charge in [0.05, 0.1) is 27.4 Å². The molecule has 0 atom stereocenters. The lowest BCUT2D eigenvalue weighted by Gasteiger charge is -2.42. The summed E-state index contributed by atoms with van der Waals surface area (Å²) in [6.45, 7) is 3.25. The molecule has 0 bridgehead atoms. The van der Waals surface area contributed by atoms with Gasteiger partial charge in [-0.2, -0.15) is 0 Å². The number of urea groups is 1. The molecule has 0 radical (unpaired) electrons. The predicted octanol–water partition coefficient (Wildman–Crippen LogP) is 3.15. The van der Waals surface area contributed by atoms with Crippen LogP contribution in [0.4, 0.5) is 4.79 Å². The molecule has 2 aromatic carbocycles. The molecule has 34 heavy (non-hydrogen) atoms. The van der Waals surface area contributed by atoms with Crippen LogP contribution in [0.2, 0.25) is 0 Å². The van der Waals surface area contributed by atoms with Crippen LogP contribution in [0.5, 0.6) is 11.5 Å². The highest BCUT2D eigenvalue weighted by atomic mass is 16.5. The van der Waals surface area contributed by atoms with Crippen molar-refractivity contribution < 1.29 is 23.8 Å². The molecule has 4 rings (SSSR count). The number of piperidine rings is 1. The van der Waals surface area contributed by atoms with Crippen molar-refractivity contribution in [3.63, 3.8) is 0 Å². The molecule has 2 aliphatic rings. The van der Waals surface area contributed by atoms with E-state index in [1.165, 1.54) is 10.5 Å². The zero-order valence-electron chi connectivity index (χ0n) is 20.2. The number of amides is 3. The first-order valence-electron chi connectivity index (χ1n) is 11.6. The second-order valence-corrected chi connectivity index (χ2v) is 8.83. The van der Waals surface area contributed by atoms with Crippen LogP contribution in [0.1, 0.15) is 24.0 Å². The van der Waals surface area contributed by atoms with Crippen LogP contribution in [0.15, 0.2) is 48.5 Å². The van der Waals surface area contributed by atoms with E-state index in [1.807, 2.05) is 42.5 Å². The fraction of sp³-hybridized carbons (Fsp3) is 0.462. The Hall–Kier alpha value is -3.10. The molecule has 0 saturated carbocycles. The van der Waals surface area contributed by atoms with E-state index < -0.39 is 5.54 Å². The number of methoxy groups -OCH3 is 3. The molecule has 2 fully saturated rings. The summed E-state index contributed by atoms with van der Waals surface area (Å²) in [6.07, 6.45) is 1.19. The van der Waals surface area contributed by atoms with Gasteiger partial charge in [-0.15, -0.1) is 0 Å². The van der Waals surface area contributed by atoms with E-state index in [9.17, 15) is 9.59 Å². The Morgan fingerprint density at radius 1 is 0.853 bits per heavy atom. The summed E-state index contributed by atoms with van der Waals surface area (Å²) < 4.78 is 15.9. The van der Waals surface area contributed by atoms with Gasteiger partial charge >= 0.3 is 6.03 Å². The van der Waals surface area contributed by atoms with Gasteiger partial charge in [0.15, 0.2) is 0 Å². The minimum Gasteiger partial charge on any atom is -0.497 e. The molecule has 2 aliphatic heterocycles. The predicted molar refractivity (Wildman–Crippen MR) is 128 cm³/mol. The van der Waals surface area contributed by atoms with Crippen molar-refractivity contribution in [1.82, 2.24) is 14.7 Å². The second kappa shape index (κ2) is 10.4. The first kappa shape index (κ1) is 24.0. The molecule has 0 N–H and O–H groups in total. The smallest absolute Gasteiger partial charge is 0.328 e. The summed E-state index contributed by atoms with van der Waals surface area (Å²) >= 11 is 0. The van der Waals surface area contributed by atoms with Crippen molar-refractivity contribution in [3.8, 4) is 11.5 Å². The van der Waals surface area contributed by atoms with Crippen LogP contribution in [-0.4, -0.2) is 79.7 Å². The maximum atomic E-state index is 13.7. The van der Waals surface area contributed by atoms with Gasteiger partial charge in [0.25, 0.3) is 5.91 Å². The molecule has 2 saturated heterocycles. The molecule has 0 aromatic heterocycles. The zero-order valence-corrected chi connectivity index (χ0v) is 20.2. The maximum Gasteiger partial charge on any atom is 0.328 e. The molecule has 1 spiro atoms. The molecule has 3 amide bonds. The van der Waals surface area contributed by atoms with Crippen molar-refractivity contribution in [2.75, 3.05) is 47.6 Å². The van der Waals surface area contributed by atoms with Gasteiger partial charge in [0, 0.05) is 33.3 Å². The number of imide groups is 1. The Labute approximate surface area is 201 Å². The Bertz CT molecular complexity index is 1020. The molecule has 2 heterocycles. The maximum absolute atomic E-state index is 13.7. The largest absolute Gasteiger partial charge is 0.497 e. The minimum absolute atomic E-state index is 0.113. The van der Waals surface area contributed by atoms with Crippen LogP contribution in [0.25, 0.3) is 0 Å². The second-order valence-electron chi connectivity index (χ2n) is 8.83. The van der Waals surface area contributed by atoms with Gasteiger partial charge in [-0.25, -0.2) is 4.79 Å². The lowest BCUT2D eigenvalue weighted by atomic mass is 9.85. The molecule has 8 heteroatoms. The van der Waals surface area contributed by atoms with Gasteiger partial charge < -0.3 is 19.1 Å². The fourth-order valence-electron chi connectivity index (χ4n) is 4.96. The first-order chi connectivity index (χ1) is 16.5. The third kappa shape index (κ3) is 4.74. The number of hydrogen-bond acceptors (Lipinski definition) is 6. The normalized spacial score (nSPS) is 18.1. The minimum atomic E-state index is -0.820. The number of ether oxygens (including phenoxy) is 3. The Kier molecular flexibility index (Phi) is 7.38. The number of likely N-dealkylation sites (tertiary alicyclic amines) is 1. The summed E-state index contributed by atoms with van der Waals surface area (Å²) in [4.78, 5) is 32.6. The molecular formula is C26H33N3O5. The monoisotopic (exact) mass is 467 g/mol. The Morgan fingerprint density at radius 2 is 1.44 bits per heavy atom. The van der Waals surface area contributed by atoms with E-state index in [0.717, 1.165) is 30.9 Å². The van der Waals surface area contributed by atoms with Crippen LogP contribution in [0.3, 0.4) is 0 Å². The van der Waals surface area contributed by atoms with Crippen LogP contribution in [-0.2, 0) is 22.6 Å². The van der Waals surface area contributed by atoms with E-state index >= 15 is 0 Å². The van der Waals surface area contributed by atoms with Gasteiger partial charge in [-0.05, 0) is 48.2 Å². The number of carbonyl (C=O) groups is 2. The van der Waals surface area contributed by atoms with Crippen molar-refractivity contribution in [2.24, 2.45) is 0 Å². The third-order valence-electron chi connectivity index (χ3n) is 6.84. The molecule has 8 nitrogen and oxygen atoms in total. The highest BCUT2D eigenvalue weighted by Gasteiger charge is 2.57. The van der Waals surface area contributed by atoms with E-state index in [1.54, 1.807) is 26.2 Å². The summed E-state index contributed by atoms with van der Waals surface area (Å²) in [6, 6.07) is 15.3. The van der Waals surface area contributed by atoms with Gasteiger partial charge in [0.1, 0.15) is 17.0 Å². The number of nitrogens with zero attached hydrogens (tertiary/aromatic N) is 3. The number of benzene rings is 2. The molecule has 2 aromatic rings. The summed E-state index contributed by atoms with van der Waals surface area (Å²) in [5.74, 6) is 1.42. The highest BCUT2D eigenvalue weighted by molar-refractivity contribution is 6.07. The Balaban J connectivity index is 1.50. The fourth-order valence-corrected chi connectivity index (χ4v) is 4.96. The van der Waals surface area contributed by atoms with Gasteiger partial charge in [-0.3, -0.25) is 14.6 Å². The standard InChI is InChI=1S/C26H33N3O5/c1-32-15-14-29-25(31)28(19-21-7-5-9-23(17-21)34-3)24(30)26(29)10-12-27(13-11-26)18-20-6-4-8-22(16-20)33-2/h4-9,16-17H,10-15,18-19H2,1-3H3. The lowest BCUT2D eigenvalue weighted by molar-refractivity contribution is -0.136. The summed E-state index contributed by atoms with van der Waals surface area (Å²) in [7, 11) is 4.88. The van der Waals surface area contributed by atoms with Crippen molar-refractivity contribution in [1.29, 1.82) is 0 Å². The number of rotatable bonds is 9. The highest BCUT2D eigenvalue weighted by Crippen LogP contribution is 2.38. The summed E-state index contributed by atoms with van der Waals surface area (Å²) in [5, 5.41) is 0. The van der Waals surface area contributed by atoms with E-state index in [4.69, 9.17) is 14.2 Å². The number of carbonyl (C=O) groups excluding carboxylic acids is 2. The van der Waals surface area contributed by atoms with Crippen molar-refractivity contribution in [3.05, 3.63) is 59.7 Å². The van der Waals surface area contributed by atoms with Crippen LogP contribution >= 0.6 is 0 Å². The quantitative estimate of drug-likeness (QED) is 0.528. The van der Waals surface area contributed by atoms with Crippen molar-refractivity contribution in [2.45, 2.75) is 31.5 Å². The average molecular weight is 468 g/mol. The Morgan fingerprint density at radius 3 is 2.00 bits per heavy atom. The molecule has 182 valence electrons. The van der Waals surface area contributed by atoms with Crippen LogP contribution in [0, 0.1) is 0 Å². The summed E-state index contributed by atoms with van der Waals surface area (Å²) in [5.41, 5.74) is 1.21. The van der Waals surface area contributed by atoms with E-state index in [-0.39, 0.29) is 18.5 Å². The third-order valence-corrected chi connectivity index (χ3v) is 6.84. The number of hydrogen-bond donors (Lipinski definition) is 0. The van der Waals surface area contributed by atoms with E-state index in [0.29, 0.717) is 31.7 Å². The molecule has 0 aliphatic carbocycles. The van der Waals surface area contributed by atoms with Gasteiger partial charge in [0.2, 0.25) is 0 Å². The average Bonchev–Trinajstić information content (AvgIpc) is 3.05.